The number of aromatic nitrogens is 3. The Hall–Kier alpha value is -3.15. The van der Waals surface area contributed by atoms with Gasteiger partial charge in [-0.1, -0.05) is 6.07 Å². The Labute approximate surface area is 166 Å². The monoisotopic (exact) mass is 419 g/mol. The van der Waals surface area contributed by atoms with E-state index in [0.717, 1.165) is 0 Å². The van der Waals surface area contributed by atoms with Crippen molar-refractivity contribution in [3.63, 3.8) is 0 Å². The Balaban J connectivity index is 1.72. The highest BCUT2D eigenvalue weighted by atomic mass is 32.2. The number of anilines is 1. The third-order valence-electron chi connectivity index (χ3n) is 3.83. The van der Waals surface area contributed by atoms with E-state index in [1.165, 1.54) is 55.6 Å². The zero-order chi connectivity index (χ0) is 20.9. The van der Waals surface area contributed by atoms with Crippen molar-refractivity contribution in [1.82, 2.24) is 19.9 Å². The average molecular weight is 419 g/mol. The summed E-state index contributed by atoms with van der Waals surface area (Å²) >= 11 is 0. The number of nitrogens with one attached hydrogen (secondary N) is 3. The van der Waals surface area contributed by atoms with E-state index in [1.54, 1.807) is 0 Å². The molecule has 3 rings (SSSR count). The molecule has 0 aliphatic carbocycles. The molecule has 0 bridgehead atoms. The Morgan fingerprint density at radius 3 is 2.69 bits per heavy atom. The minimum Gasteiger partial charge on any atom is -0.383 e. The second-order valence-corrected chi connectivity index (χ2v) is 7.65. The van der Waals surface area contributed by atoms with E-state index >= 15 is 0 Å². The predicted molar refractivity (Wildman–Crippen MR) is 103 cm³/mol. The molecule has 2 aromatic carbocycles. The second kappa shape index (κ2) is 8.90. The van der Waals surface area contributed by atoms with Crippen LogP contribution in [0.25, 0.3) is 11.4 Å². The van der Waals surface area contributed by atoms with Gasteiger partial charge in [0.2, 0.25) is 16.0 Å². The number of amides is 1. The summed E-state index contributed by atoms with van der Waals surface area (Å²) in [6, 6.07) is 11.2. The van der Waals surface area contributed by atoms with Gasteiger partial charge < -0.3 is 4.74 Å². The summed E-state index contributed by atoms with van der Waals surface area (Å²) in [6.45, 7) is 0.333. The lowest BCUT2D eigenvalue weighted by molar-refractivity contribution is 0.102. The van der Waals surface area contributed by atoms with Crippen LogP contribution in [0.4, 0.5) is 10.3 Å². The topological polar surface area (TPSA) is 126 Å². The second-order valence-electron chi connectivity index (χ2n) is 5.89. The van der Waals surface area contributed by atoms with Gasteiger partial charge >= 0.3 is 0 Å². The summed E-state index contributed by atoms with van der Waals surface area (Å²) in [5.74, 6) is -0.614. The van der Waals surface area contributed by atoms with Gasteiger partial charge in [0.1, 0.15) is 5.82 Å². The lowest BCUT2D eigenvalue weighted by Gasteiger charge is -2.08. The van der Waals surface area contributed by atoms with Crippen LogP contribution in [0.5, 0.6) is 0 Å². The van der Waals surface area contributed by atoms with Gasteiger partial charge in [-0.15, -0.1) is 5.10 Å². The van der Waals surface area contributed by atoms with Gasteiger partial charge in [0, 0.05) is 24.8 Å². The smallest absolute Gasteiger partial charge is 0.258 e. The molecule has 152 valence electrons. The summed E-state index contributed by atoms with van der Waals surface area (Å²) in [6.07, 6.45) is 0. The molecule has 0 spiro atoms. The molecule has 9 nitrogen and oxygen atoms in total. The quantitative estimate of drug-likeness (QED) is 0.478. The molecule has 1 amide bonds. The lowest BCUT2D eigenvalue weighted by Crippen LogP contribution is -2.27. The molecule has 29 heavy (non-hydrogen) atoms. The number of rotatable bonds is 8. The van der Waals surface area contributed by atoms with Crippen LogP contribution in [0, 0.1) is 5.82 Å². The molecule has 0 aliphatic heterocycles. The van der Waals surface area contributed by atoms with Crippen LogP contribution >= 0.6 is 0 Å². The van der Waals surface area contributed by atoms with E-state index in [1.807, 2.05) is 0 Å². The number of hydrogen-bond donors (Lipinski definition) is 3. The molecule has 11 heteroatoms. The van der Waals surface area contributed by atoms with Crippen molar-refractivity contribution in [3.8, 4) is 11.4 Å². The lowest BCUT2D eigenvalue weighted by atomic mass is 10.2. The number of nitrogens with zero attached hydrogens (tertiary/aromatic N) is 2. The number of halogens is 1. The van der Waals surface area contributed by atoms with Gasteiger partial charge in [0.25, 0.3) is 5.91 Å². The molecule has 1 aromatic heterocycles. The largest absolute Gasteiger partial charge is 0.383 e. The molecule has 0 radical (unpaired) electrons. The Bertz CT molecular complexity index is 1100. The van der Waals surface area contributed by atoms with Crippen molar-refractivity contribution in [2.45, 2.75) is 4.90 Å². The molecule has 3 N–H and O–H groups in total. The summed E-state index contributed by atoms with van der Waals surface area (Å²) in [4.78, 5) is 16.5. The fourth-order valence-electron chi connectivity index (χ4n) is 2.39. The number of carbonyl (C=O) groups is 1. The number of sulfonamides is 1. The van der Waals surface area contributed by atoms with Gasteiger partial charge in [-0.05, 0) is 42.5 Å². The molecule has 0 unspecified atom stereocenters. The average Bonchev–Trinajstić information content (AvgIpc) is 3.17. The molecule has 1 heterocycles. The molecule has 0 atom stereocenters. The maximum atomic E-state index is 13.0. The fourth-order valence-corrected chi connectivity index (χ4v) is 3.45. The van der Waals surface area contributed by atoms with Crippen molar-refractivity contribution in [2.75, 3.05) is 25.6 Å². The van der Waals surface area contributed by atoms with E-state index in [9.17, 15) is 17.6 Å². The standard InChI is InChI=1S/C18H18FN5O4S/c1-28-10-9-20-29(26,27)15-4-2-3-13(11-15)17(25)22-18-21-16(23-24-18)12-5-7-14(19)8-6-12/h2-8,11,20H,9-10H2,1H3,(H2,21,22,23,24,25). The van der Waals surface area contributed by atoms with Crippen molar-refractivity contribution in [2.24, 2.45) is 0 Å². The van der Waals surface area contributed by atoms with Gasteiger partial charge in [0.05, 0.1) is 11.5 Å². The minimum absolute atomic E-state index is 0.000745. The third-order valence-corrected chi connectivity index (χ3v) is 5.29. The first-order valence-electron chi connectivity index (χ1n) is 8.47. The highest BCUT2D eigenvalue weighted by molar-refractivity contribution is 7.89. The maximum absolute atomic E-state index is 13.0. The summed E-state index contributed by atoms with van der Waals surface area (Å²) in [5.41, 5.74) is 0.711. The zero-order valence-corrected chi connectivity index (χ0v) is 16.2. The van der Waals surface area contributed by atoms with Crippen molar-refractivity contribution in [1.29, 1.82) is 0 Å². The minimum atomic E-state index is -3.77. The number of aromatic amines is 1. The van der Waals surface area contributed by atoms with Gasteiger partial charge in [-0.3, -0.25) is 15.2 Å². The van der Waals surface area contributed by atoms with Gasteiger partial charge in [-0.2, -0.15) is 4.98 Å². The zero-order valence-electron chi connectivity index (χ0n) is 15.3. The van der Waals surface area contributed by atoms with Gasteiger partial charge in [-0.25, -0.2) is 17.5 Å². The molecule has 0 saturated heterocycles. The first-order chi connectivity index (χ1) is 13.9. The first kappa shape index (κ1) is 20.6. The molecular formula is C18H18FN5O4S. The van der Waals surface area contributed by atoms with Gasteiger partial charge in [0.15, 0.2) is 5.82 Å². The van der Waals surface area contributed by atoms with Crippen LogP contribution in [0.2, 0.25) is 0 Å². The van der Waals surface area contributed by atoms with Crippen molar-refractivity contribution < 1.29 is 22.3 Å². The normalized spacial score (nSPS) is 11.4. The Morgan fingerprint density at radius 2 is 1.97 bits per heavy atom. The Morgan fingerprint density at radius 1 is 1.21 bits per heavy atom. The van der Waals surface area contributed by atoms with E-state index < -0.39 is 15.9 Å². The van der Waals surface area contributed by atoms with Crippen LogP contribution in [-0.2, 0) is 14.8 Å². The summed E-state index contributed by atoms with van der Waals surface area (Å²) in [7, 11) is -2.31. The number of benzene rings is 2. The van der Waals surface area contributed by atoms with Crippen LogP contribution in [0.3, 0.4) is 0 Å². The molecular weight excluding hydrogens is 401 g/mol. The third kappa shape index (κ3) is 5.22. The predicted octanol–water partition coefficient (Wildman–Crippen LogP) is 1.79. The number of methoxy groups -OCH3 is 1. The number of H-pyrrole nitrogens is 1. The number of ether oxygens (including phenoxy) is 1. The van der Waals surface area contributed by atoms with E-state index in [-0.39, 0.29) is 35.4 Å². The molecule has 0 fully saturated rings. The van der Waals surface area contributed by atoms with Crippen LogP contribution < -0.4 is 10.0 Å². The number of carbonyl (C=O) groups excluding carboxylic acids is 1. The highest BCUT2D eigenvalue weighted by Crippen LogP contribution is 2.17. The van der Waals surface area contributed by atoms with Crippen LogP contribution in [0.15, 0.2) is 53.4 Å². The van der Waals surface area contributed by atoms with E-state index in [0.29, 0.717) is 11.4 Å². The molecule has 0 aliphatic rings. The molecule has 3 aromatic rings. The van der Waals surface area contributed by atoms with Crippen LogP contribution in [0.1, 0.15) is 10.4 Å². The highest BCUT2D eigenvalue weighted by Gasteiger charge is 2.17. The fraction of sp³-hybridized carbons (Fsp3) is 0.167. The number of hydrogen-bond acceptors (Lipinski definition) is 6. The first-order valence-corrected chi connectivity index (χ1v) is 9.96. The van der Waals surface area contributed by atoms with Crippen molar-refractivity contribution in [3.05, 3.63) is 59.9 Å². The van der Waals surface area contributed by atoms with Crippen LogP contribution in [-0.4, -0.2) is 49.8 Å². The van der Waals surface area contributed by atoms with E-state index in [2.05, 4.69) is 25.2 Å². The SMILES string of the molecule is COCCNS(=O)(=O)c1cccc(C(=O)Nc2n[nH]c(-c3ccc(F)cc3)n2)c1. The Kier molecular flexibility index (Phi) is 6.32. The molecule has 0 saturated carbocycles. The summed E-state index contributed by atoms with van der Waals surface area (Å²) in [5, 5.41) is 9.03. The maximum Gasteiger partial charge on any atom is 0.258 e. The summed E-state index contributed by atoms with van der Waals surface area (Å²) < 4.78 is 44.7. The van der Waals surface area contributed by atoms with Crippen molar-refractivity contribution >= 4 is 21.9 Å². The van der Waals surface area contributed by atoms with E-state index in [4.69, 9.17) is 4.74 Å².